The second kappa shape index (κ2) is 10.8. The zero-order valence-corrected chi connectivity index (χ0v) is 24.4. The number of carbonyl (C=O) groups excluding carboxylic acids is 3. The number of hydrogen-bond acceptors (Lipinski definition) is 7. The van der Waals surface area contributed by atoms with Crippen LogP contribution in [0.4, 0.5) is 0 Å². The molecule has 7 heteroatoms. The zero-order valence-electron chi connectivity index (χ0n) is 24.4. The number of carbonyl (C=O) groups is 3. The minimum Gasteiger partial charge on any atom is -0.454 e. The summed E-state index contributed by atoms with van der Waals surface area (Å²) in [6, 6.07) is 7.24. The predicted octanol–water partition coefficient (Wildman–Crippen LogP) is 4.49. The molecule has 3 saturated carbocycles. The number of fused-ring (bicyclic) bond motifs is 5. The molecule has 0 unspecified atom stereocenters. The maximum Gasteiger partial charge on any atom is 0.338 e. The van der Waals surface area contributed by atoms with E-state index in [9.17, 15) is 24.6 Å². The van der Waals surface area contributed by atoms with Gasteiger partial charge in [0, 0.05) is 18.4 Å². The lowest BCUT2D eigenvalue weighted by Crippen LogP contribution is -2.62. The van der Waals surface area contributed by atoms with Crippen LogP contribution in [0.25, 0.3) is 0 Å². The highest BCUT2D eigenvalue weighted by atomic mass is 16.5. The standard InChI is InChI=1S/C33H45NO6/c1-5-34(6-2)19-21-7-9-22(10-8-21)30(38)40-20-28(37)33(39)16-14-26-25-12-11-23-17-24(35)13-15-31(23,3)29(25)27(36)18-32(26,33)4/h7-10,17,25-27,29,36,39H,5-6,11-16,18-20H2,1-4H3/t25-,26-,27-,29+,31-,32-,33-/m0/s1. The van der Waals surface area contributed by atoms with Gasteiger partial charge in [-0.25, -0.2) is 4.79 Å². The van der Waals surface area contributed by atoms with Gasteiger partial charge in [0.15, 0.2) is 12.4 Å². The van der Waals surface area contributed by atoms with Crippen LogP contribution in [0.1, 0.15) is 88.6 Å². The Balaban J connectivity index is 1.27. The summed E-state index contributed by atoms with van der Waals surface area (Å²) in [5, 5.41) is 23.4. The van der Waals surface area contributed by atoms with E-state index in [0.717, 1.165) is 50.0 Å². The van der Waals surface area contributed by atoms with Crippen molar-refractivity contribution >= 4 is 17.5 Å². The summed E-state index contributed by atoms with van der Waals surface area (Å²) in [7, 11) is 0. The number of aliphatic hydroxyl groups excluding tert-OH is 1. The maximum absolute atomic E-state index is 13.5. The molecule has 0 amide bonds. The van der Waals surface area contributed by atoms with Gasteiger partial charge in [0.05, 0.1) is 11.7 Å². The second-order valence-electron chi connectivity index (χ2n) is 13.1. The smallest absolute Gasteiger partial charge is 0.338 e. The molecule has 7 nitrogen and oxygen atoms in total. The molecular formula is C33H45NO6. The van der Waals surface area contributed by atoms with Gasteiger partial charge in [-0.1, -0.05) is 45.4 Å². The Hall–Kier alpha value is -2.35. The van der Waals surface area contributed by atoms with Gasteiger partial charge in [0.25, 0.3) is 0 Å². The Bertz CT molecular complexity index is 1190. The third-order valence-electron chi connectivity index (χ3n) is 11.3. The van der Waals surface area contributed by atoms with Crippen molar-refractivity contribution < 1.29 is 29.3 Å². The number of ketones is 2. The Kier molecular flexibility index (Phi) is 7.88. The van der Waals surface area contributed by atoms with E-state index in [0.29, 0.717) is 31.2 Å². The third-order valence-corrected chi connectivity index (χ3v) is 11.3. The number of nitrogens with zero attached hydrogens (tertiary/aromatic N) is 1. The molecule has 0 aliphatic heterocycles. The molecule has 0 aromatic heterocycles. The number of aliphatic hydroxyl groups is 2. The number of esters is 1. The van der Waals surface area contributed by atoms with E-state index in [1.54, 1.807) is 12.1 Å². The molecule has 0 bridgehead atoms. The average Bonchev–Trinajstić information content (AvgIpc) is 3.21. The molecule has 4 aliphatic carbocycles. The molecule has 2 N–H and O–H groups in total. The largest absolute Gasteiger partial charge is 0.454 e. The lowest BCUT2D eigenvalue weighted by Gasteiger charge is -2.60. The third kappa shape index (κ3) is 4.68. The molecule has 0 radical (unpaired) electrons. The number of benzene rings is 1. The van der Waals surface area contributed by atoms with Crippen LogP contribution < -0.4 is 0 Å². The topological polar surface area (TPSA) is 104 Å². The molecular weight excluding hydrogens is 506 g/mol. The van der Waals surface area contributed by atoms with E-state index >= 15 is 0 Å². The van der Waals surface area contributed by atoms with Crippen molar-refractivity contribution in [2.75, 3.05) is 19.7 Å². The van der Waals surface area contributed by atoms with E-state index in [2.05, 4.69) is 25.7 Å². The highest BCUT2D eigenvalue weighted by molar-refractivity contribution is 5.94. The summed E-state index contributed by atoms with van der Waals surface area (Å²) >= 11 is 0. The van der Waals surface area contributed by atoms with Gasteiger partial charge >= 0.3 is 5.97 Å². The average molecular weight is 552 g/mol. The van der Waals surface area contributed by atoms with Crippen molar-refractivity contribution in [1.82, 2.24) is 4.90 Å². The van der Waals surface area contributed by atoms with Crippen molar-refractivity contribution in [3.63, 3.8) is 0 Å². The maximum atomic E-state index is 13.5. The SMILES string of the molecule is CCN(CC)Cc1ccc(C(=O)OCC(=O)[C@@]2(O)CC[C@H]3[C@@H]4CCC5=CC(=O)CC[C@]5(C)[C@H]4[C@@H](O)C[C@@]32C)cc1. The lowest BCUT2D eigenvalue weighted by molar-refractivity contribution is -0.182. The van der Waals surface area contributed by atoms with Crippen molar-refractivity contribution in [3.8, 4) is 0 Å². The molecule has 7 atom stereocenters. The van der Waals surface area contributed by atoms with E-state index in [-0.39, 0.29) is 29.0 Å². The highest BCUT2D eigenvalue weighted by Crippen LogP contribution is 2.67. The molecule has 3 fully saturated rings. The first-order valence-corrected chi connectivity index (χ1v) is 15.1. The first-order valence-electron chi connectivity index (χ1n) is 15.1. The summed E-state index contributed by atoms with van der Waals surface area (Å²) in [6.07, 6.45) is 5.37. The van der Waals surface area contributed by atoms with Crippen LogP contribution in [-0.4, -0.2) is 64.1 Å². The molecule has 5 rings (SSSR count). The van der Waals surface area contributed by atoms with Crippen molar-refractivity contribution in [1.29, 1.82) is 0 Å². The normalized spacial score (nSPS) is 36.9. The van der Waals surface area contributed by atoms with Crippen LogP contribution in [-0.2, 0) is 20.9 Å². The quantitative estimate of drug-likeness (QED) is 0.459. The fourth-order valence-electron chi connectivity index (χ4n) is 8.94. The Morgan fingerprint density at radius 3 is 2.42 bits per heavy atom. The van der Waals surface area contributed by atoms with Gasteiger partial charge in [-0.15, -0.1) is 0 Å². The monoisotopic (exact) mass is 551 g/mol. The molecule has 0 heterocycles. The van der Waals surface area contributed by atoms with Crippen LogP contribution in [0.5, 0.6) is 0 Å². The van der Waals surface area contributed by atoms with Crippen molar-refractivity contribution in [3.05, 3.63) is 47.0 Å². The molecule has 1 aromatic carbocycles. The van der Waals surface area contributed by atoms with Gasteiger partial charge in [-0.05, 0) is 98.6 Å². The number of ether oxygens (including phenoxy) is 1. The number of rotatable bonds is 8. The van der Waals surface area contributed by atoms with Crippen molar-refractivity contribution in [2.45, 2.75) is 90.9 Å². The van der Waals surface area contributed by atoms with Crippen LogP contribution in [0.3, 0.4) is 0 Å². The molecule has 1 aromatic rings. The first kappa shape index (κ1) is 29.2. The van der Waals surface area contributed by atoms with Gasteiger partial charge in [0.1, 0.15) is 5.60 Å². The van der Waals surface area contributed by atoms with Crippen LogP contribution in [0, 0.1) is 28.6 Å². The Morgan fingerprint density at radius 1 is 1.05 bits per heavy atom. The second-order valence-corrected chi connectivity index (χ2v) is 13.1. The van der Waals surface area contributed by atoms with E-state index < -0.39 is 35.5 Å². The van der Waals surface area contributed by atoms with Crippen LogP contribution in [0.15, 0.2) is 35.9 Å². The molecule has 0 spiro atoms. The summed E-state index contributed by atoms with van der Waals surface area (Å²) in [6.45, 7) is 10.6. The minimum absolute atomic E-state index is 0.0126. The fourth-order valence-corrected chi connectivity index (χ4v) is 8.94. The van der Waals surface area contributed by atoms with Crippen molar-refractivity contribution in [2.24, 2.45) is 28.6 Å². The molecule has 218 valence electrons. The van der Waals surface area contributed by atoms with Gasteiger partial charge in [0.2, 0.25) is 5.78 Å². The van der Waals surface area contributed by atoms with Gasteiger partial charge in [-0.3, -0.25) is 14.5 Å². The first-order chi connectivity index (χ1) is 19.0. The van der Waals surface area contributed by atoms with E-state index in [1.165, 1.54) is 0 Å². The van der Waals surface area contributed by atoms with E-state index in [4.69, 9.17) is 4.74 Å². The summed E-state index contributed by atoms with van der Waals surface area (Å²) in [5.74, 6) is -0.629. The molecule has 0 saturated heterocycles. The Labute approximate surface area is 238 Å². The molecule has 40 heavy (non-hydrogen) atoms. The van der Waals surface area contributed by atoms with E-state index in [1.807, 2.05) is 25.1 Å². The lowest BCUT2D eigenvalue weighted by atomic mass is 9.45. The molecule has 4 aliphatic rings. The number of allylic oxidation sites excluding steroid dienone is 1. The summed E-state index contributed by atoms with van der Waals surface area (Å²) < 4.78 is 5.42. The van der Waals surface area contributed by atoms with Gasteiger partial charge < -0.3 is 14.9 Å². The van der Waals surface area contributed by atoms with Crippen LogP contribution >= 0.6 is 0 Å². The minimum atomic E-state index is -1.66. The van der Waals surface area contributed by atoms with Gasteiger partial charge in [-0.2, -0.15) is 0 Å². The highest BCUT2D eigenvalue weighted by Gasteiger charge is 2.68. The van der Waals surface area contributed by atoms with Crippen LogP contribution in [0.2, 0.25) is 0 Å². The zero-order chi connectivity index (χ0) is 28.9. The number of Topliss-reactive ketones (excluding diaryl/α,β-unsaturated/α-hetero) is 1. The number of hydrogen-bond donors (Lipinski definition) is 2. The summed E-state index contributed by atoms with van der Waals surface area (Å²) in [4.78, 5) is 40.7. The summed E-state index contributed by atoms with van der Waals surface area (Å²) in [5.41, 5.74) is -0.0467. The Morgan fingerprint density at radius 2 is 1.75 bits per heavy atom. The fraction of sp³-hybridized carbons (Fsp3) is 0.667. The predicted molar refractivity (Wildman–Crippen MR) is 151 cm³/mol.